The van der Waals surface area contributed by atoms with Crippen LogP contribution in [0.3, 0.4) is 0 Å². The van der Waals surface area contributed by atoms with Gasteiger partial charge in [-0.15, -0.1) is 0 Å². The van der Waals surface area contributed by atoms with Crippen molar-refractivity contribution in [3.63, 3.8) is 0 Å². The van der Waals surface area contributed by atoms with Crippen LogP contribution in [0.5, 0.6) is 0 Å². The summed E-state index contributed by atoms with van der Waals surface area (Å²) in [4.78, 5) is 31.8. The van der Waals surface area contributed by atoms with Crippen molar-refractivity contribution in [3.8, 4) is 0 Å². The second-order valence-corrected chi connectivity index (χ2v) is 5.31. The van der Waals surface area contributed by atoms with Gasteiger partial charge < -0.3 is 9.72 Å². The number of hydrogen-bond donors (Lipinski definition) is 2. The van der Waals surface area contributed by atoms with Gasteiger partial charge in [-0.05, 0) is 14.0 Å². The Morgan fingerprint density at radius 2 is 2.05 bits per heavy atom. The number of H-pyrrole nitrogens is 2. The van der Waals surface area contributed by atoms with Crippen LogP contribution in [0.4, 0.5) is 0 Å². The van der Waals surface area contributed by atoms with Crippen LogP contribution in [0.1, 0.15) is 12.6 Å². The van der Waals surface area contributed by atoms with Gasteiger partial charge in [0.15, 0.2) is 0 Å². The molecule has 1 aliphatic rings. The molecule has 1 aromatic rings. The van der Waals surface area contributed by atoms with Crippen molar-refractivity contribution in [3.05, 3.63) is 32.6 Å². The highest BCUT2D eigenvalue weighted by atomic mass is 16.5. The molecule has 2 heterocycles. The van der Waals surface area contributed by atoms with Crippen molar-refractivity contribution in [2.75, 3.05) is 39.9 Å². The molecule has 0 spiro atoms. The lowest BCUT2D eigenvalue weighted by atomic mass is 10.2. The lowest BCUT2D eigenvalue weighted by Crippen LogP contribution is -2.46. The van der Waals surface area contributed by atoms with Crippen LogP contribution in [0.2, 0.25) is 0 Å². The normalized spacial score (nSPS) is 18.4. The van der Waals surface area contributed by atoms with Crippen molar-refractivity contribution in [1.29, 1.82) is 0 Å². The number of likely N-dealkylation sites (N-methyl/N-ethyl adjacent to an activating group) is 1. The van der Waals surface area contributed by atoms with E-state index >= 15 is 0 Å². The Labute approximate surface area is 117 Å². The van der Waals surface area contributed by atoms with Crippen molar-refractivity contribution >= 4 is 0 Å². The summed E-state index contributed by atoms with van der Waals surface area (Å²) in [5.74, 6) is 0. The summed E-state index contributed by atoms with van der Waals surface area (Å²) >= 11 is 0. The van der Waals surface area contributed by atoms with E-state index in [0.717, 1.165) is 32.8 Å². The van der Waals surface area contributed by atoms with Crippen LogP contribution < -0.4 is 11.2 Å². The molecule has 0 aromatic carbocycles. The second-order valence-electron chi connectivity index (χ2n) is 5.31. The summed E-state index contributed by atoms with van der Waals surface area (Å²) in [6.45, 7) is 7.09. The van der Waals surface area contributed by atoms with E-state index in [4.69, 9.17) is 4.74 Å². The summed E-state index contributed by atoms with van der Waals surface area (Å²) in [6, 6.07) is 1.84. The summed E-state index contributed by atoms with van der Waals surface area (Å²) in [5, 5.41) is 0. The first-order valence-electron chi connectivity index (χ1n) is 6.87. The molecule has 1 aromatic heterocycles. The van der Waals surface area contributed by atoms with Crippen LogP contribution in [0, 0.1) is 0 Å². The Balaban J connectivity index is 1.89. The van der Waals surface area contributed by atoms with Crippen LogP contribution in [-0.4, -0.2) is 65.7 Å². The summed E-state index contributed by atoms with van der Waals surface area (Å²) in [6.07, 6.45) is 0. The lowest BCUT2D eigenvalue weighted by molar-refractivity contribution is 0.0136. The first kappa shape index (κ1) is 15.0. The van der Waals surface area contributed by atoms with E-state index in [-0.39, 0.29) is 5.56 Å². The number of nitrogens with zero attached hydrogens (tertiary/aromatic N) is 2. The molecule has 1 fully saturated rings. The van der Waals surface area contributed by atoms with E-state index in [0.29, 0.717) is 18.3 Å². The van der Waals surface area contributed by atoms with Gasteiger partial charge in [0.25, 0.3) is 5.56 Å². The number of nitrogens with one attached hydrogen (secondary N) is 2. The molecule has 0 amide bonds. The first-order valence-corrected chi connectivity index (χ1v) is 6.87. The van der Waals surface area contributed by atoms with E-state index < -0.39 is 5.69 Å². The molecule has 1 unspecified atom stereocenters. The minimum atomic E-state index is -0.456. The maximum atomic E-state index is 11.2. The quantitative estimate of drug-likeness (QED) is 0.740. The molecule has 2 rings (SSSR count). The monoisotopic (exact) mass is 282 g/mol. The molecule has 1 atom stereocenters. The molecule has 2 N–H and O–H groups in total. The van der Waals surface area contributed by atoms with Gasteiger partial charge in [-0.2, -0.15) is 0 Å². The molecule has 1 aliphatic heterocycles. The minimum Gasteiger partial charge on any atom is -0.379 e. The smallest absolute Gasteiger partial charge is 0.325 e. The van der Waals surface area contributed by atoms with Gasteiger partial charge in [-0.25, -0.2) is 4.79 Å². The fraction of sp³-hybridized carbons (Fsp3) is 0.692. The third kappa shape index (κ3) is 4.29. The lowest BCUT2D eigenvalue weighted by Gasteiger charge is -2.34. The van der Waals surface area contributed by atoms with E-state index in [1.165, 1.54) is 6.07 Å². The highest BCUT2D eigenvalue weighted by molar-refractivity contribution is 4.98. The van der Waals surface area contributed by atoms with Crippen molar-refractivity contribution in [1.82, 2.24) is 19.8 Å². The van der Waals surface area contributed by atoms with Crippen LogP contribution in [0.15, 0.2) is 15.7 Å². The number of aromatic amines is 2. The molecular weight excluding hydrogens is 260 g/mol. The molecule has 7 heteroatoms. The molecule has 0 aliphatic carbocycles. The highest BCUT2D eigenvalue weighted by Gasteiger charge is 2.18. The summed E-state index contributed by atoms with van der Waals surface area (Å²) in [7, 11) is 1.98. The van der Waals surface area contributed by atoms with Crippen LogP contribution in [0.25, 0.3) is 0 Å². The molecular formula is C13H22N4O3. The SMILES string of the molecule is CC(CN(C)Cc1cc(=O)[nH]c(=O)[nH]1)N1CCOCC1. The zero-order chi connectivity index (χ0) is 14.5. The Morgan fingerprint density at radius 3 is 2.70 bits per heavy atom. The molecule has 0 bridgehead atoms. The van der Waals surface area contributed by atoms with Crippen LogP contribution >= 0.6 is 0 Å². The fourth-order valence-corrected chi connectivity index (χ4v) is 2.54. The topological polar surface area (TPSA) is 81.4 Å². The molecule has 20 heavy (non-hydrogen) atoms. The standard InChI is InChI=1S/C13H22N4O3/c1-10(17-3-5-20-6-4-17)8-16(2)9-11-7-12(18)15-13(19)14-11/h7,10H,3-6,8-9H2,1-2H3,(H2,14,15,18,19). The van der Waals surface area contributed by atoms with Crippen molar-refractivity contribution in [2.24, 2.45) is 0 Å². The van der Waals surface area contributed by atoms with Gasteiger partial charge in [0.2, 0.25) is 0 Å². The predicted octanol–water partition coefficient (Wildman–Crippen LogP) is -0.784. The highest BCUT2D eigenvalue weighted by Crippen LogP contribution is 2.06. The number of aromatic nitrogens is 2. The maximum Gasteiger partial charge on any atom is 0.325 e. The van der Waals surface area contributed by atoms with Crippen molar-refractivity contribution < 1.29 is 4.74 Å². The number of ether oxygens (including phenoxy) is 1. The molecule has 0 radical (unpaired) electrons. The minimum absolute atomic E-state index is 0.363. The average molecular weight is 282 g/mol. The van der Waals surface area contributed by atoms with E-state index in [9.17, 15) is 9.59 Å². The first-order chi connectivity index (χ1) is 9.54. The predicted molar refractivity (Wildman–Crippen MR) is 75.9 cm³/mol. The third-order valence-electron chi connectivity index (χ3n) is 3.50. The Kier molecular flexibility index (Phi) is 5.11. The summed E-state index contributed by atoms with van der Waals surface area (Å²) < 4.78 is 5.34. The van der Waals surface area contributed by atoms with Gasteiger partial charge in [0.05, 0.1) is 13.2 Å². The third-order valence-corrected chi connectivity index (χ3v) is 3.50. The zero-order valence-corrected chi connectivity index (χ0v) is 12.0. The Bertz CT molecular complexity index is 505. The summed E-state index contributed by atoms with van der Waals surface area (Å²) in [5.41, 5.74) is -0.184. The molecule has 1 saturated heterocycles. The van der Waals surface area contributed by atoms with Gasteiger partial charge in [0, 0.05) is 44.0 Å². The largest absolute Gasteiger partial charge is 0.379 e. The Hall–Kier alpha value is -1.44. The molecule has 0 saturated carbocycles. The zero-order valence-electron chi connectivity index (χ0n) is 12.0. The van der Waals surface area contributed by atoms with Crippen LogP contribution in [-0.2, 0) is 11.3 Å². The van der Waals surface area contributed by atoms with E-state index in [1.54, 1.807) is 0 Å². The van der Waals surface area contributed by atoms with Gasteiger partial charge in [0.1, 0.15) is 0 Å². The van der Waals surface area contributed by atoms with Gasteiger partial charge in [-0.3, -0.25) is 19.6 Å². The fourth-order valence-electron chi connectivity index (χ4n) is 2.54. The average Bonchev–Trinajstić information content (AvgIpc) is 2.38. The Morgan fingerprint density at radius 1 is 1.35 bits per heavy atom. The second kappa shape index (κ2) is 6.83. The molecule has 112 valence electrons. The van der Waals surface area contributed by atoms with Gasteiger partial charge in [-0.1, -0.05) is 0 Å². The number of rotatable bonds is 5. The number of morpholine rings is 1. The van der Waals surface area contributed by atoms with Crippen molar-refractivity contribution in [2.45, 2.75) is 19.5 Å². The van der Waals surface area contributed by atoms with E-state index in [1.807, 2.05) is 7.05 Å². The van der Waals surface area contributed by atoms with Gasteiger partial charge >= 0.3 is 5.69 Å². The van der Waals surface area contributed by atoms with E-state index in [2.05, 4.69) is 26.7 Å². The molecule has 7 nitrogen and oxygen atoms in total. The number of hydrogen-bond acceptors (Lipinski definition) is 5. The maximum absolute atomic E-state index is 11.2.